The lowest BCUT2D eigenvalue weighted by Crippen LogP contribution is -2.26. The third-order valence-corrected chi connectivity index (χ3v) is 4.66. The van der Waals surface area contributed by atoms with Gasteiger partial charge in [0.1, 0.15) is 5.82 Å². The van der Waals surface area contributed by atoms with Crippen molar-refractivity contribution in [3.8, 4) is 0 Å². The van der Waals surface area contributed by atoms with Gasteiger partial charge in [0.25, 0.3) is 0 Å². The zero-order valence-electron chi connectivity index (χ0n) is 12.5. The molecule has 0 aromatic carbocycles. The molecular weight excluding hydrogens is 280 g/mol. The van der Waals surface area contributed by atoms with Gasteiger partial charge in [-0.1, -0.05) is 19.4 Å². The maximum absolute atomic E-state index is 9.50. The first kappa shape index (κ1) is 14.5. The highest BCUT2D eigenvalue weighted by atomic mass is 32.1. The minimum Gasteiger partial charge on any atom is -0.392 e. The molecule has 0 saturated heterocycles. The molecule has 4 heteroatoms. The summed E-state index contributed by atoms with van der Waals surface area (Å²) in [5.41, 5.74) is 2.07. The fourth-order valence-corrected chi connectivity index (χ4v) is 3.31. The lowest BCUT2D eigenvalue weighted by Gasteiger charge is -2.24. The van der Waals surface area contributed by atoms with Gasteiger partial charge in [0.15, 0.2) is 0 Å². The number of aromatic nitrogens is 1. The van der Waals surface area contributed by atoms with Crippen LogP contribution in [0.25, 0.3) is 0 Å². The maximum Gasteiger partial charge on any atom is 0.129 e. The number of anilines is 1. The monoisotopic (exact) mass is 302 g/mol. The fraction of sp³-hybridized carbons (Fsp3) is 0.471. The van der Waals surface area contributed by atoms with Crippen LogP contribution in [0.2, 0.25) is 0 Å². The second kappa shape index (κ2) is 6.58. The summed E-state index contributed by atoms with van der Waals surface area (Å²) in [6.07, 6.45) is 4.55. The number of hydrogen-bond donors (Lipinski definition) is 1. The van der Waals surface area contributed by atoms with E-state index in [1.807, 2.05) is 12.1 Å². The predicted molar refractivity (Wildman–Crippen MR) is 87.7 cm³/mol. The van der Waals surface area contributed by atoms with Crippen LogP contribution in [0.1, 0.15) is 42.3 Å². The summed E-state index contributed by atoms with van der Waals surface area (Å²) >= 11 is 1.80. The molecule has 1 N–H and O–H groups in total. The molecule has 1 aliphatic carbocycles. The third-order valence-electron chi connectivity index (χ3n) is 3.80. The summed E-state index contributed by atoms with van der Waals surface area (Å²) in [6.45, 7) is 3.18. The van der Waals surface area contributed by atoms with Crippen LogP contribution in [0.5, 0.6) is 0 Å². The number of thiophene rings is 1. The van der Waals surface area contributed by atoms with Gasteiger partial charge >= 0.3 is 0 Å². The normalized spacial score (nSPS) is 14.4. The summed E-state index contributed by atoms with van der Waals surface area (Å²) in [5, 5.41) is 11.6. The summed E-state index contributed by atoms with van der Waals surface area (Å²) in [4.78, 5) is 8.61. The molecule has 21 heavy (non-hydrogen) atoms. The van der Waals surface area contributed by atoms with Crippen LogP contribution in [0.3, 0.4) is 0 Å². The van der Waals surface area contributed by atoms with E-state index >= 15 is 0 Å². The van der Waals surface area contributed by atoms with Gasteiger partial charge < -0.3 is 10.0 Å². The van der Waals surface area contributed by atoms with Crippen molar-refractivity contribution in [2.45, 2.75) is 51.8 Å². The van der Waals surface area contributed by atoms with E-state index in [0.29, 0.717) is 6.04 Å². The fourth-order valence-electron chi connectivity index (χ4n) is 2.61. The number of rotatable bonds is 7. The smallest absolute Gasteiger partial charge is 0.129 e. The number of aryl methyl sites for hydroxylation is 1. The van der Waals surface area contributed by atoms with Gasteiger partial charge in [0, 0.05) is 16.6 Å². The standard InChI is InChI=1S/C17H22N2OS/c1-2-4-14-9-13(12-20)10-17(18-14)19(15-6-7-15)11-16-5-3-8-21-16/h3,5,8-10,15,20H,2,4,6-7,11-12H2,1H3. The molecule has 112 valence electrons. The lowest BCUT2D eigenvalue weighted by molar-refractivity contribution is 0.281. The Kier molecular flexibility index (Phi) is 4.56. The minimum absolute atomic E-state index is 0.0870. The lowest BCUT2D eigenvalue weighted by atomic mass is 10.1. The van der Waals surface area contributed by atoms with Crippen molar-refractivity contribution in [2.75, 3.05) is 4.90 Å². The Hall–Kier alpha value is -1.39. The third kappa shape index (κ3) is 3.63. The van der Waals surface area contributed by atoms with Gasteiger partial charge in [-0.15, -0.1) is 11.3 Å². The highest BCUT2D eigenvalue weighted by Gasteiger charge is 2.30. The van der Waals surface area contributed by atoms with E-state index in [0.717, 1.165) is 36.5 Å². The molecule has 3 rings (SSSR count). The molecule has 0 aliphatic heterocycles. The first-order valence-electron chi connectivity index (χ1n) is 7.70. The summed E-state index contributed by atoms with van der Waals surface area (Å²) < 4.78 is 0. The van der Waals surface area contributed by atoms with E-state index in [2.05, 4.69) is 29.3 Å². The molecule has 0 spiro atoms. The molecule has 1 saturated carbocycles. The summed E-state index contributed by atoms with van der Waals surface area (Å²) in [5.74, 6) is 1.03. The van der Waals surface area contributed by atoms with Crippen molar-refractivity contribution in [2.24, 2.45) is 0 Å². The number of aliphatic hydroxyl groups excluding tert-OH is 1. The Labute approximate surface area is 130 Å². The van der Waals surface area contributed by atoms with Crippen LogP contribution >= 0.6 is 11.3 Å². The van der Waals surface area contributed by atoms with Crippen LogP contribution in [-0.4, -0.2) is 16.1 Å². The molecule has 0 radical (unpaired) electrons. The van der Waals surface area contributed by atoms with Gasteiger partial charge in [0.2, 0.25) is 0 Å². The number of nitrogens with zero attached hydrogens (tertiary/aromatic N) is 2. The molecule has 0 bridgehead atoms. The first-order chi connectivity index (χ1) is 10.3. The average Bonchev–Trinajstić information content (AvgIpc) is 3.21. The second-order valence-corrected chi connectivity index (χ2v) is 6.70. The van der Waals surface area contributed by atoms with Crippen LogP contribution < -0.4 is 4.90 Å². The molecule has 0 atom stereocenters. The molecule has 1 fully saturated rings. The van der Waals surface area contributed by atoms with Crippen LogP contribution in [0.4, 0.5) is 5.82 Å². The Bertz CT molecular complexity index is 578. The van der Waals surface area contributed by atoms with Crippen LogP contribution in [0.15, 0.2) is 29.6 Å². The van der Waals surface area contributed by atoms with Crippen molar-refractivity contribution in [3.63, 3.8) is 0 Å². The number of hydrogen-bond acceptors (Lipinski definition) is 4. The van der Waals surface area contributed by atoms with E-state index in [9.17, 15) is 5.11 Å². The first-order valence-corrected chi connectivity index (χ1v) is 8.58. The SMILES string of the molecule is CCCc1cc(CO)cc(N(Cc2cccs2)C2CC2)n1. The maximum atomic E-state index is 9.50. The quantitative estimate of drug-likeness (QED) is 0.846. The Morgan fingerprint density at radius 3 is 2.86 bits per heavy atom. The van der Waals surface area contributed by atoms with Gasteiger partial charge in [-0.05, 0) is 48.4 Å². The Morgan fingerprint density at radius 1 is 1.38 bits per heavy atom. The van der Waals surface area contributed by atoms with Crippen molar-refractivity contribution < 1.29 is 5.11 Å². The number of pyridine rings is 1. The highest BCUT2D eigenvalue weighted by molar-refractivity contribution is 7.09. The number of aliphatic hydroxyl groups is 1. The molecule has 2 aromatic heterocycles. The van der Waals surface area contributed by atoms with Crippen molar-refractivity contribution in [3.05, 3.63) is 45.8 Å². The highest BCUT2D eigenvalue weighted by Crippen LogP contribution is 2.33. The molecular formula is C17H22N2OS. The Balaban J connectivity index is 1.88. The van der Waals surface area contributed by atoms with Gasteiger partial charge in [-0.25, -0.2) is 4.98 Å². The van der Waals surface area contributed by atoms with Gasteiger partial charge in [-0.3, -0.25) is 0 Å². The average molecular weight is 302 g/mol. The van der Waals surface area contributed by atoms with E-state index in [1.54, 1.807) is 11.3 Å². The molecule has 1 aliphatic rings. The topological polar surface area (TPSA) is 36.4 Å². The zero-order valence-corrected chi connectivity index (χ0v) is 13.3. The van der Waals surface area contributed by atoms with E-state index in [4.69, 9.17) is 4.98 Å². The van der Waals surface area contributed by atoms with E-state index in [-0.39, 0.29) is 6.61 Å². The summed E-state index contributed by atoms with van der Waals surface area (Å²) in [7, 11) is 0. The predicted octanol–water partition coefficient (Wildman–Crippen LogP) is 3.76. The molecule has 2 aromatic rings. The molecule has 0 amide bonds. The van der Waals surface area contributed by atoms with E-state index in [1.165, 1.54) is 17.7 Å². The Morgan fingerprint density at radius 2 is 2.24 bits per heavy atom. The largest absolute Gasteiger partial charge is 0.392 e. The molecule has 2 heterocycles. The molecule has 0 unspecified atom stereocenters. The van der Waals surface area contributed by atoms with Gasteiger partial charge in [0.05, 0.1) is 13.2 Å². The van der Waals surface area contributed by atoms with Crippen LogP contribution in [-0.2, 0) is 19.6 Å². The van der Waals surface area contributed by atoms with Crippen molar-refractivity contribution in [1.29, 1.82) is 0 Å². The second-order valence-electron chi connectivity index (χ2n) is 5.67. The van der Waals surface area contributed by atoms with Crippen molar-refractivity contribution in [1.82, 2.24) is 4.98 Å². The van der Waals surface area contributed by atoms with Crippen molar-refractivity contribution >= 4 is 17.2 Å². The minimum atomic E-state index is 0.0870. The van der Waals surface area contributed by atoms with Gasteiger partial charge in [-0.2, -0.15) is 0 Å². The zero-order chi connectivity index (χ0) is 14.7. The van der Waals surface area contributed by atoms with E-state index < -0.39 is 0 Å². The molecule has 3 nitrogen and oxygen atoms in total. The summed E-state index contributed by atoms with van der Waals surface area (Å²) in [6, 6.07) is 8.98. The van der Waals surface area contributed by atoms with Crippen LogP contribution in [0, 0.1) is 0 Å².